The molecule has 2 aromatic carbocycles. The number of anilines is 2. The lowest BCUT2D eigenvalue weighted by Crippen LogP contribution is -2.24. The fourth-order valence-electron chi connectivity index (χ4n) is 2.77. The van der Waals surface area contributed by atoms with E-state index < -0.39 is 10.0 Å². The number of thiophene rings is 1. The molecule has 7 heteroatoms. The van der Waals surface area contributed by atoms with Crippen molar-refractivity contribution >= 4 is 48.7 Å². The Kier molecular flexibility index (Phi) is 4.77. The number of carbonyl (C=O) groups excluding carboxylic acids is 1. The number of nitrogens with one attached hydrogen (secondary N) is 1. The number of benzene rings is 2. The maximum absolute atomic E-state index is 12.6. The third-order valence-corrected chi connectivity index (χ3v) is 6.38. The van der Waals surface area contributed by atoms with Gasteiger partial charge in [0.2, 0.25) is 10.0 Å². The SMILES string of the molecule is Cc1cc(C)cc(NC(=O)c2cc3cc(N(C)S(C)(=O)=O)ccc3s2)c1. The predicted octanol–water partition coefficient (Wildman–Crippen LogP) is 4.17. The standard InChI is InChI=1S/C19H20N2O3S2/c1-12-7-13(2)9-15(8-12)20-19(22)18-11-14-10-16(5-6-17(14)25-18)21(3)26(4,23)24/h5-11H,1-4H3,(H,20,22). The molecule has 0 fully saturated rings. The van der Waals surface area contributed by atoms with Crippen molar-refractivity contribution in [3.63, 3.8) is 0 Å². The number of rotatable bonds is 4. The second kappa shape index (κ2) is 6.74. The van der Waals surface area contributed by atoms with Crippen molar-refractivity contribution in [2.75, 3.05) is 22.9 Å². The second-order valence-electron chi connectivity index (χ2n) is 6.39. The van der Waals surface area contributed by atoms with Crippen LogP contribution in [-0.4, -0.2) is 27.6 Å². The van der Waals surface area contributed by atoms with Crippen molar-refractivity contribution in [1.82, 2.24) is 0 Å². The van der Waals surface area contributed by atoms with Gasteiger partial charge in [0.1, 0.15) is 0 Å². The second-order valence-corrected chi connectivity index (χ2v) is 9.49. The first-order valence-corrected chi connectivity index (χ1v) is 10.7. The van der Waals surface area contributed by atoms with E-state index in [1.807, 2.05) is 32.0 Å². The van der Waals surface area contributed by atoms with Crippen LogP contribution in [0.3, 0.4) is 0 Å². The first kappa shape index (κ1) is 18.4. The van der Waals surface area contributed by atoms with E-state index in [9.17, 15) is 13.2 Å². The van der Waals surface area contributed by atoms with Crippen molar-refractivity contribution < 1.29 is 13.2 Å². The van der Waals surface area contributed by atoms with Gasteiger partial charge >= 0.3 is 0 Å². The van der Waals surface area contributed by atoms with Gasteiger partial charge in [-0.05, 0) is 66.8 Å². The molecule has 1 heterocycles. The Morgan fingerprint density at radius 1 is 1.04 bits per heavy atom. The van der Waals surface area contributed by atoms with E-state index in [1.54, 1.807) is 18.2 Å². The molecule has 5 nitrogen and oxygen atoms in total. The Labute approximate surface area is 157 Å². The molecule has 0 unspecified atom stereocenters. The number of hydrogen-bond acceptors (Lipinski definition) is 4. The molecule has 0 atom stereocenters. The van der Waals surface area contributed by atoms with Crippen molar-refractivity contribution in [1.29, 1.82) is 0 Å². The summed E-state index contributed by atoms with van der Waals surface area (Å²) in [6, 6.07) is 13.1. The zero-order valence-corrected chi connectivity index (χ0v) is 16.7. The molecule has 1 aromatic heterocycles. The van der Waals surface area contributed by atoms with Gasteiger partial charge in [-0.25, -0.2) is 8.42 Å². The first-order chi connectivity index (χ1) is 12.1. The molecule has 0 aliphatic carbocycles. The highest BCUT2D eigenvalue weighted by Gasteiger charge is 2.15. The monoisotopic (exact) mass is 388 g/mol. The van der Waals surface area contributed by atoms with Crippen LogP contribution in [0, 0.1) is 13.8 Å². The van der Waals surface area contributed by atoms with E-state index in [-0.39, 0.29) is 5.91 Å². The van der Waals surface area contributed by atoms with Gasteiger partial charge in [-0.15, -0.1) is 11.3 Å². The highest BCUT2D eigenvalue weighted by molar-refractivity contribution is 7.92. The van der Waals surface area contributed by atoms with Gasteiger partial charge < -0.3 is 5.32 Å². The summed E-state index contributed by atoms with van der Waals surface area (Å²) in [4.78, 5) is 13.2. The summed E-state index contributed by atoms with van der Waals surface area (Å²) in [7, 11) is -1.82. The minimum Gasteiger partial charge on any atom is -0.321 e. The predicted molar refractivity (Wildman–Crippen MR) is 109 cm³/mol. The molecule has 1 amide bonds. The highest BCUT2D eigenvalue weighted by atomic mass is 32.2. The Balaban J connectivity index is 1.90. The summed E-state index contributed by atoms with van der Waals surface area (Å²) in [6.07, 6.45) is 1.16. The van der Waals surface area contributed by atoms with Crippen LogP contribution in [0.5, 0.6) is 0 Å². The molecule has 3 aromatic rings. The van der Waals surface area contributed by atoms with Crippen LogP contribution in [-0.2, 0) is 10.0 Å². The van der Waals surface area contributed by atoms with Crippen LogP contribution in [0.25, 0.3) is 10.1 Å². The third kappa shape index (κ3) is 3.89. The van der Waals surface area contributed by atoms with E-state index in [0.717, 1.165) is 33.2 Å². The van der Waals surface area contributed by atoms with Gasteiger partial charge in [0.05, 0.1) is 16.8 Å². The quantitative estimate of drug-likeness (QED) is 0.730. The van der Waals surface area contributed by atoms with Gasteiger partial charge in [0.25, 0.3) is 5.91 Å². The molecule has 0 bridgehead atoms. The van der Waals surface area contributed by atoms with Gasteiger partial charge in [-0.2, -0.15) is 0 Å². The van der Waals surface area contributed by atoms with E-state index in [1.165, 1.54) is 22.7 Å². The molecular formula is C19H20N2O3S2. The first-order valence-electron chi connectivity index (χ1n) is 8.00. The maximum atomic E-state index is 12.6. The Bertz CT molecular complexity index is 1080. The molecule has 136 valence electrons. The zero-order chi connectivity index (χ0) is 19.1. The van der Waals surface area contributed by atoms with Crippen molar-refractivity contribution in [3.8, 4) is 0 Å². The fraction of sp³-hybridized carbons (Fsp3) is 0.211. The average molecular weight is 389 g/mol. The fourth-order valence-corrected chi connectivity index (χ4v) is 4.20. The van der Waals surface area contributed by atoms with Crippen molar-refractivity contribution in [2.45, 2.75) is 13.8 Å². The zero-order valence-electron chi connectivity index (χ0n) is 15.0. The molecular weight excluding hydrogens is 368 g/mol. The lowest BCUT2D eigenvalue weighted by molar-refractivity contribution is 0.103. The molecule has 0 saturated carbocycles. The molecule has 0 aliphatic rings. The van der Waals surface area contributed by atoms with E-state index in [4.69, 9.17) is 0 Å². The molecule has 0 radical (unpaired) electrons. The van der Waals surface area contributed by atoms with Gasteiger partial charge in [0.15, 0.2) is 0 Å². The lowest BCUT2D eigenvalue weighted by atomic mass is 10.1. The van der Waals surface area contributed by atoms with E-state index >= 15 is 0 Å². The molecule has 0 spiro atoms. The van der Waals surface area contributed by atoms with E-state index in [0.29, 0.717) is 10.6 Å². The Morgan fingerprint density at radius 2 is 1.69 bits per heavy atom. The lowest BCUT2D eigenvalue weighted by Gasteiger charge is -2.16. The van der Waals surface area contributed by atoms with Gasteiger partial charge in [-0.1, -0.05) is 6.07 Å². The number of fused-ring (bicyclic) bond motifs is 1. The van der Waals surface area contributed by atoms with Gasteiger partial charge in [0, 0.05) is 17.4 Å². The summed E-state index contributed by atoms with van der Waals surface area (Å²) < 4.78 is 25.6. The number of sulfonamides is 1. The van der Waals surface area contributed by atoms with Crippen LogP contribution in [0.15, 0.2) is 42.5 Å². The highest BCUT2D eigenvalue weighted by Crippen LogP contribution is 2.30. The molecule has 1 N–H and O–H groups in total. The average Bonchev–Trinajstić information content (AvgIpc) is 2.95. The molecule has 26 heavy (non-hydrogen) atoms. The Morgan fingerprint density at radius 3 is 2.31 bits per heavy atom. The Hall–Kier alpha value is -2.38. The van der Waals surface area contributed by atoms with Crippen molar-refractivity contribution in [3.05, 3.63) is 58.5 Å². The molecule has 0 saturated heterocycles. The number of hydrogen-bond donors (Lipinski definition) is 1. The maximum Gasteiger partial charge on any atom is 0.265 e. The van der Waals surface area contributed by atoms with Crippen LogP contribution in [0.4, 0.5) is 11.4 Å². The summed E-state index contributed by atoms with van der Waals surface area (Å²) in [5, 5.41) is 3.77. The minimum atomic E-state index is -3.33. The van der Waals surface area contributed by atoms with Crippen LogP contribution in [0.1, 0.15) is 20.8 Å². The number of carbonyl (C=O) groups is 1. The van der Waals surface area contributed by atoms with Crippen LogP contribution >= 0.6 is 11.3 Å². The summed E-state index contributed by atoms with van der Waals surface area (Å²) in [5.41, 5.74) is 3.51. The summed E-state index contributed by atoms with van der Waals surface area (Å²) >= 11 is 1.38. The van der Waals surface area contributed by atoms with Crippen LogP contribution in [0.2, 0.25) is 0 Å². The summed E-state index contributed by atoms with van der Waals surface area (Å²) in [6.45, 7) is 3.98. The van der Waals surface area contributed by atoms with Crippen molar-refractivity contribution in [2.24, 2.45) is 0 Å². The largest absolute Gasteiger partial charge is 0.321 e. The van der Waals surface area contributed by atoms with Gasteiger partial charge in [-0.3, -0.25) is 9.10 Å². The smallest absolute Gasteiger partial charge is 0.265 e. The number of amides is 1. The molecule has 0 aliphatic heterocycles. The van der Waals surface area contributed by atoms with Crippen LogP contribution < -0.4 is 9.62 Å². The third-order valence-electron chi connectivity index (χ3n) is 4.06. The topological polar surface area (TPSA) is 66.5 Å². The normalized spacial score (nSPS) is 11.5. The number of aryl methyl sites for hydroxylation is 2. The minimum absolute atomic E-state index is 0.172. The van der Waals surface area contributed by atoms with E-state index in [2.05, 4.69) is 11.4 Å². The number of nitrogens with zero attached hydrogens (tertiary/aromatic N) is 1. The summed E-state index contributed by atoms with van der Waals surface area (Å²) in [5.74, 6) is -0.172. The molecule has 3 rings (SSSR count).